The highest BCUT2D eigenvalue weighted by Crippen LogP contribution is 2.22. The first-order chi connectivity index (χ1) is 13.0. The molecular formula is C19H30N4O3S. The van der Waals surface area contributed by atoms with Gasteiger partial charge >= 0.3 is 0 Å². The molecular weight excluding hydrogens is 364 g/mol. The van der Waals surface area contributed by atoms with Crippen LogP contribution in [0.15, 0.2) is 29.2 Å². The first-order valence-electron chi connectivity index (χ1n) is 9.83. The molecule has 3 rings (SSSR count). The van der Waals surface area contributed by atoms with E-state index in [0.717, 1.165) is 58.5 Å². The normalized spacial score (nSPS) is 19.1. The summed E-state index contributed by atoms with van der Waals surface area (Å²) < 4.78 is 26.9. The SMILES string of the molecule is CCN1CCN(CCCNC(=O)c2ccc(S(=O)(=O)NC3CC3)cc2)CC1. The maximum Gasteiger partial charge on any atom is 0.251 e. The minimum atomic E-state index is -3.47. The first kappa shape index (κ1) is 20.3. The Morgan fingerprint density at radius 3 is 2.30 bits per heavy atom. The predicted octanol–water partition coefficient (Wildman–Crippen LogP) is 0.885. The van der Waals surface area contributed by atoms with Crippen LogP contribution in [-0.4, -0.2) is 76.0 Å². The van der Waals surface area contributed by atoms with E-state index < -0.39 is 10.0 Å². The molecule has 0 atom stereocenters. The number of nitrogens with zero attached hydrogens (tertiary/aromatic N) is 2. The van der Waals surface area contributed by atoms with Crippen LogP contribution in [0.5, 0.6) is 0 Å². The molecule has 2 fully saturated rings. The van der Waals surface area contributed by atoms with E-state index in [2.05, 4.69) is 26.8 Å². The van der Waals surface area contributed by atoms with Crippen molar-refractivity contribution < 1.29 is 13.2 Å². The van der Waals surface area contributed by atoms with Crippen LogP contribution in [0.25, 0.3) is 0 Å². The van der Waals surface area contributed by atoms with Crippen LogP contribution in [0.3, 0.4) is 0 Å². The van der Waals surface area contributed by atoms with Gasteiger partial charge in [0.2, 0.25) is 10.0 Å². The number of hydrogen-bond acceptors (Lipinski definition) is 5. The molecule has 0 aromatic heterocycles. The van der Waals surface area contributed by atoms with E-state index in [1.54, 1.807) is 12.1 Å². The molecule has 0 unspecified atom stereocenters. The second-order valence-electron chi connectivity index (χ2n) is 7.31. The molecule has 27 heavy (non-hydrogen) atoms. The summed E-state index contributed by atoms with van der Waals surface area (Å²) >= 11 is 0. The second kappa shape index (κ2) is 9.14. The summed E-state index contributed by atoms with van der Waals surface area (Å²) in [6.45, 7) is 9.33. The predicted molar refractivity (Wildman–Crippen MR) is 105 cm³/mol. The summed E-state index contributed by atoms with van der Waals surface area (Å²) in [4.78, 5) is 17.3. The molecule has 2 N–H and O–H groups in total. The van der Waals surface area contributed by atoms with E-state index in [-0.39, 0.29) is 16.8 Å². The molecule has 2 aliphatic rings. The van der Waals surface area contributed by atoms with Gasteiger partial charge in [0.15, 0.2) is 0 Å². The lowest BCUT2D eigenvalue weighted by atomic mass is 10.2. The molecule has 1 aliphatic heterocycles. The number of benzene rings is 1. The Labute approximate surface area is 162 Å². The van der Waals surface area contributed by atoms with Crippen molar-refractivity contribution in [3.8, 4) is 0 Å². The fourth-order valence-electron chi connectivity index (χ4n) is 3.21. The molecule has 1 aromatic carbocycles. The van der Waals surface area contributed by atoms with Crippen molar-refractivity contribution >= 4 is 15.9 Å². The smallest absolute Gasteiger partial charge is 0.251 e. The summed E-state index contributed by atoms with van der Waals surface area (Å²) in [7, 11) is -3.47. The summed E-state index contributed by atoms with van der Waals surface area (Å²) in [6, 6.07) is 6.20. The summed E-state index contributed by atoms with van der Waals surface area (Å²) in [5, 5.41) is 2.92. The lowest BCUT2D eigenvalue weighted by Crippen LogP contribution is -2.46. The molecule has 8 heteroatoms. The number of carbonyl (C=O) groups excluding carboxylic acids is 1. The number of amides is 1. The van der Waals surface area contributed by atoms with Gasteiger partial charge in [-0.1, -0.05) is 6.92 Å². The maximum absolute atomic E-state index is 12.2. The molecule has 1 heterocycles. The van der Waals surface area contributed by atoms with Gasteiger partial charge in [-0.2, -0.15) is 0 Å². The van der Waals surface area contributed by atoms with E-state index >= 15 is 0 Å². The van der Waals surface area contributed by atoms with E-state index in [1.165, 1.54) is 12.1 Å². The minimum absolute atomic E-state index is 0.0722. The number of carbonyl (C=O) groups is 1. The molecule has 1 aliphatic carbocycles. The Kier molecular flexibility index (Phi) is 6.86. The monoisotopic (exact) mass is 394 g/mol. The standard InChI is InChI=1S/C19H30N4O3S/c1-2-22-12-14-23(15-13-22)11-3-10-20-19(24)16-4-8-18(9-5-16)27(25,26)21-17-6-7-17/h4-5,8-9,17,21H,2-3,6-7,10-15H2,1H3,(H,20,24). The molecule has 1 aromatic rings. The van der Waals surface area contributed by atoms with Crippen LogP contribution in [0, 0.1) is 0 Å². The Morgan fingerprint density at radius 2 is 1.70 bits per heavy atom. The molecule has 7 nitrogen and oxygen atoms in total. The van der Waals surface area contributed by atoms with Crippen molar-refractivity contribution in [2.75, 3.05) is 45.8 Å². The third kappa shape index (κ3) is 6.00. The Morgan fingerprint density at radius 1 is 1.07 bits per heavy atom. The lowest BCUT2D eigenvalue weighted by Gasteiger charge is -2.33. The maximum atomic E-state index is 12.2. The highest BCUT2D eigenvalue weighted by Gasteiger charge is 2.28. The fourth-order valence-corrected chi connectivity index (χ4v) is 4.51. The Balaban J connectivity index is 1.39. The van der Waals surface area contributed by atoms with E-state index in [1.807, 2.05) is 0 Å². The van der Waals surface area contributed by atoms with Crippen molar-refractivity contribution in [1.29, 1.82) is 0 Å². The zero-order valence-electron chi connectivity index (χ0n) is 16.0. The van der Waals surface area contributed by atoms with Crippen LogP contribution in [0.1, 0.15) is 36.5 Å². The van der Waals surface area contributed by atoms with Crippen molar-refractivity contribution in [2.45, 2.75) is 37.1 Å². The van der Waals surface area contributed by atoms with Crippen molar-refractivity contribution in [2.24, 2.45) is 0 Å². The van der Waals surface area contributed by atoms with Crippen molar-refractivity contribution in [1.82, 2.24) is 19.8 Å². The number of likely N-dealkylation sites (N-methyl/N-ethyl adjacent to an activating group) is 1. The third-order valence-electron chi connectivity index (χ3n) is 5.17. The van der Waals surface area contributed by atoms with Gasteiger partial charge in [0.05, 0.1) is 4.90 Å². The van der Waals surface area contributed by atoms with Crippen LogP contribution in [0.4, 0.5) is 0 Å². The number of sulfonamides is 1. The summed E-state index contributed by atoms with van der Waals surface area (Å²) in [5.74, 6) is -0.162. The van der Waals surface area contributed by atoms with Crippen LogP contribution < -0.4 is 10.0 Å². The van der Waals surface area contributed by atoms with Crippen molar-refractivity contribution in [3.63, 3.8) is 0 Å². The molecule has 1 saturated heterocycles. The van der Waals surface area contributed by atoms with Crippen LogP contribution in [-0.2, 0) is 10.0 Å². The van der Waals surface area contributed by atoms with E-state index in [0.29, 0.717) is 12.1 Å². The highest BCUT2D eigenvalue weighted by molar-refractivity contribution is 7.89. The second-order valence-corrected chi connectivity index (χ2v) is 9.02. The van der Waals surface area contributed by atoms with Crippen LogP contribution in [0.2, 0.25) is 0 Å². The molecule has 0 bridgehead atoms. The number of rotatable bonds is 9. The van der Waals surface area contributed by atoms with Gasteiger partial charge in [-0.3, -0.25) is 4.79 Å². The van der Waals surface area contributed by atoms with Gasteiger partial charge in [-0.05, 0) is 56.6 Å². The molecule has 0 spiro atoms. The largest absolute Gasteiger partial charge is 0.352 e. The molecule has 150 valence electrons. The van der Waals surface area contributed by atoms with Gasteiger partial charge in [-0.25, -0.2) is 13.1 Å². The Bertz CT molecular complexity index is 724. The van der Waals surface area contributed by atoms with Gasteiger partial charge in [0.1, 0.15) is 0 Å². The van der Waals surface area contributed by atoms with Gasteiger partial charge in [-0.15, -0.1) is 0 Å². The zero-order valence-corrected chi connectivity index (χ0v) is 16.8. The van der Waals surface area contributed by atoms with E-state index in [9.17, 15) is 13.2 Å². The molecule has 0 radical (unpaired) electrons. The zero-order chi connectivity index (χ0) is 19.3. The van der Waals surface area contributed by atoms with Crippen molar-refractivity contribution in [3.05, 3.63) is 29.8 Å². The number of piperazine rings is 1. The molecule has 1 amide bonds. The topological polar surface area (TPSA) is 81.8 Å². The fraction of sp³-hybridized carbons (Fsp3) is 0.632. The number of hydrogen-bond donors (Lipinski definition) is 2. The highest BCUT2D eigenvalue weighted by atomic mass is 32.2. The van der Waals surface area contributed by atoms with E-state index in [4.69, 9.17) is 0 Å². The Hall–Kier alpha value is -1.48. The minimum Gasteiger partial charge on any atom is -0.352 e. The average molecular weight is 395 g/mol. The lowest BCUT2D eigenvalue weighted by molar-refractivity contribution is 0.0948. The quantitative estimate of drug-likeness (QED) is 0.608. The van der Waals surface area contributed by atoms with Gasteiger partial charge in [0, 0.05) is 44.3 Å². The van der Waals surface area contributed by atoms with Crippen LogP contribution >= 0.6 is 0 Å². The molecule has 1 saturated carbocycles. The third-order valence-corrected chi connectivity index (χ3v) is 6.71. The number of nitrogens with one attached hydrogen (secondary N) is 2. The van der Waals surface area contributed by atoms with Gasteiger partial charge in [0.25, 0.3) is 5.91 Å². The van der Waals surface area contributed by atoms with Gasteiger partial charge < -0.3 is 15.1 Å². The first-order valence-corrected chi connectivity index (χ1v) is 11.3. The summed E-state index contributed by atoms with van der Waals surface area (Å²) in [5.41, 5.74) is 0.483. The summed E-state index contributed by atoms with van der Waals surface area (Å²) in [6.07, 6.45) is 2.71. The average Bonchev–Trinajstić information content (AvgIpc) is 3.49.